The van der Waals surface area contributed by atoms with Crippen molar-refractivity contribution >= 4 is 50.8 Å². The fourth-order valence-corrected chi connectivity index (χ4v) is 4.62. The van der Waals surface area contributed by atoms with E-state index >= 15 is 0 Å². The Morgan fingerprint density at radius 2 is 1.83 bits per heavy atom. The number of sulfonamides is 1. The molecule has 0 aliphatic rings. The summed E-state index contributed by atoms with van der Waals surface area (Å²) in [6.07, 6.45) is 0.632. The summed E-state index contributed by atoms with van der Waals surface area (Å²) in [5.74, 6) is 0.437. The van der Waals surface area contributed by atoms with E-state index in [0.29, 0.717) is 22.9 Å². The Bertz CT molecular complexity index is 1110. The van der Waals surface area contributed by atoms with Crippen LogP contribution in [0, 0.1) is 6.92 Å². The maximum Gasteiger partial charge on any atom is 0.263 e. The van der Waals surface area contributed by atoms with Gasteiger partial charge in [0.05, 0.1) is 10.1 Å². The molecule has 0 radical (unpaired) electrons. The van der Waals surface area contributed by atoms with Crippen molar-refractivity contribution in [3.63, 3.8) is 0 Å². The topological polar surface area (TPSA) is 101 Å². The molecule has 0 saturated heterocycles. The average molecular weight is 466 g/mol. The van der Waals surface area contributed by atoms with Crippen molar-refractivity contribution in [2.75, 3.05) is 10.0 Å². The first-order valence-electron chi connectivity index (χ1n) is 9.06. The highest BCUT2D eigenvalue weighted by atomic mass is 35.5. The molecule has 1 atom stereocenters. The normalized spacial score (nSPS) is 12.4. The summed E-state index contributed by atoms with van der Waals surface area (Å²) in [4.78, 5) is 13.6. The summed E-state index contributed by atoms with van der Waals surface area (Å²) in [7, 11) is -3.81. The van der Waals surface area contributed by atoms with E-state index in [1.54, 1.807) is 31.2 Å². The number of anilines is 2. The van der Waals surface area contributed by atoms with Gasteiger partial charge in [0.25, 0.3) is 10.0 Å². The number of carbonyl (C=O) groups is 1. The van der Waals surface area contributed by atoms with E-state index in [9.17, 15) is 13.2 Å². The molecule has 3 aromatic rings. The Hall–Kier alpha value is -2.49. The lowest BCUT2D eigenvalue weighted by Gasteiger charge is -2.15. The first kappa shape index (κ1) is 22.2. The van der Waals surface area contributed by atoms with Gasteiger partial charge in [-0.25, -0.2) is 8.42 Å². The molecule has 158 valence electrons. The van der Waals surface area contributed by atoms with Crippen LogP contribution < -0.4 is 10.0 Å². The number of nitrogens with zero attached hydrogens (tertiary/aromatic N) is 1. The number of nitrogens with one attached hydrogen (secondary N) is 2. The monoisotopic (exact) mass is 465 g/mol. The van der Waals surface area contributed by atoms with Crippen molar-refractivity contribution in [1.82, 2.24) is 5.16 Å². The van der Waals surface area contributed by atoms with Gasteiger partial charge in [-0.2, -0.15) is 0 Å². The van der Waals surface area contributed by atoms with E-state index in [1.807, 2.05) is 19.1 Å². The van der Waals surface area contributed by atoms with Crippen molar-refractivity contribution in [3.05, 3.63) is 65.4 Å². The summed E-state index contributed by atoms with van der Waals surface area (Å²) < 4.78 is 32.1. The number of amides is 1. The number of benzene rings is 2. The van der Waals surface area contributed by atoms with Crippen LogP contribution in [-0.2, 0) is 14.8 Å². The van der Waals surface area contributed by atoms with Gasteiger partial charge in [-0.05, 0) is 61.9 Å². The molecule has 0 fully saturated rings. The fourth-order valence-electron chi connectivity index (χ4n) is 2.55. The minimum Gasteiger partial charge on any atom is -0.360 e. The molecule has 2 aromatic carbocycles. The standard InChI is InChI=1S/C20H20ClN3O4S2/c1-3-18(29-16-8-4-14(21)5-9-16)20(25)22-15-6-10-17(11-7-15)30(26,27)24-19-12-13(2)28-23-19/h4-12,18H,3H2,1-2H3,(H,22,25)(H,23,24). The third kappa shape index (κ3) is 5.78. The van der Waals surface area contributed by atoms with E-state index in [-0.39, 0.29) is 21.9 Å². The summed E-state index contributed by atoms with van der Waals surface area (Å²) in [5, 5.41) is 6.79. The Labute approximate surface area is 184 Å². The molecular weight excluding hydrogens is 446 g/mol. The molecule has 10 heteroatoms. The second kappa shape index (κ2) is 9.55. The van der Waals surface area contributed by atoms with E-state index < -0.39 is 10.0 Å². The van der Waals surface area contributed by atoms with Crippen molar-refractivity contribution in [2.24, 2.45) is 0 Å². The maximum absolute atomic E-state index is 12.6. The van der Waals surface area contributed by atoms with Gasteiger partial charge in [0.15, 0.2) is 5.82 Å². The molecule has 1 unspecified atom stereocenters. The zero-order valence-corrected chi connectivity index (χ0v) is 18.6. The quantitative estimate of drug-likeness (QED) is 0.456. The average Bonchev–Trinajstić information content (AvgIpc) is 3.11. The lowest BCUT2D eigenvalue weighted by molar-refractivity contribution is -0.115. The highest BCUT2D eigenvalue weighted by Gasteiger charge is 2.19. The molecule has 2 N–H and O–H groups in total. The number of hydrogen-bond donors (Lipinski definition) is 2. The van der Waals surface area contributed by atoms with Crippen LogP contribution >= 0.6 is 23.4 Å². The van der Waals surface area contributed by atoms with Crippen LogP contribution in [0.25, 0.3) is 0 Å². The Morgan fingerprint density at radius 3 is 2.40 bits per heavy atom. The third-order valence-corrected chi connectivity index (χ3v) is 7.05. The van der Waals surface area contributed by atoms with Crippen LogP contribution in [-0.4, -0.2) is 24.7 Å². The summed E-state index contributed by atoms with van der Waals surface area (Å²) in [6.45, 7) is 3.59. The molecule has 1 aromatic heterocycles. The minimum atomic E-state index is -3.81. The zero-order chi connectivity index (χ0) is 21.7. The number of hydrogen-bond acceptors (Lipinski definition) is 6. The van der Waals surface area contributed by atoms with E-state index in [1.165, 1.54) is 30.0 Å². The molecule has 3 rings (SSSR count). The van der Waals surface area contributed by atoms with Crippen molar-refractivity contribution in [1.29, 1.82) is 0 Å². The SMILES string of the molecule is CCC(Sc1ccc(Cl)cc1)C(=O)Nc1ccc(S(=O)(=O)Nc2cc(C)on2)cc1. The van der Waals surface area contributed by atoms with E-state index in [2.05, 4.69) is 15.2 Å². The number of halogens is 1. The molecule has 1 heterocycles. The molecule has 7 nitrogen and oxygen atoms in total. The molecule has 1 amide bonds. The van der Waals surface area contributed by atoms with Gasteiger partial charge >= 0.3 is 0 Å². The van der Waals surface area contributed by atoms with Crippen LogP contribution in [0.15, 0.2) is 68.9 Å². The number of carbonyl (C=O) groups excluding carboxylic acids is 1. The summed E-state index contributed by atoms with van der Waals surface area (Å²) in [5.41, 5.74) is 0.506. The Balaban J connectivity index is 1.65. The smallest absolute Gasteiger partial charge is 0.263 e. The van der Waals surface area contributed by atoms with Gasteiger partial charge in [0.2, 0.25) is 5.91 Å². The largest absolute Gasteiger partial charge is 0.360 e. The second-order valence-corrected chi connectivity index (χ2v) is 9.81. The molecule has 0 spiro atoms. The predicted molar refractivity (Wildman–Crippen MR) is 119 cm³/mol. The van der Waals surface area contributed by atoms with Crippen LogP contribution in [0.4, 0.5) is 11.5 Å². The zero-order valence-electron chi connectivity index (χ0n) is 16.3. The summed E-state index contributed by atoms with van der Waals surface area (Å²) in [6, 6.07) is 14.7. The third-order valence-electron chi connectivity index (χ3n) is 4.05. The highest BCUT2D eigenvalue weighted by Crippen LogP contribution is 2.28. The Kier molecular flexibility index (Phi) is 7.06. The first-order chi connectivity index (χ1) is 14.3. The first-order valence-corrected chi connectivity index (χ1v) is 11.8. The van der Waals surface area contributed by atoms with E-state index in [0.717, 1.165) is 4.90 Å². The van der Waals surface area contributed by atoms with Gasteiger partial charge in [-0.3, -0.25) is 9.52 Å². The lowest BCUT2D eigenvalue weighted by atomic mass is 10.3. The van der Waals surface area contributed by atoms with Gasteiger partial charge in [0, 0.05) is 21.7 Å². The van der Waals surface area contributed by atoms with Crippen LogP contribution in [0.3, 0.4) is 0 Å². The van der Waals surface area contributed by atoms with Crippen LogP contribution in [0.1, 0.15) is 19.1 Å². The van der Waals surface area contributed by atoms with Gasteiger partial charge in [-0.15, -0.1) is 11.8 Å². The van der Waals surface area contributed by atoms with Crippen LogP contribution in [0.5, 0.6) is 0 Å². The Morgan fingerprint density at radius 1 is 1.17 bits per heavy atom. The molecule has 30 heavy (non-hydrogen) atoms. The predicted octanol–water partition coefficient (Wildman–Crippen LogP) is 4.95. The van der Waals surface area contributed by atoms with Gasteiger partial charge in [0.1, 0.15) is 5.76 Å². The molecule has 0 aliphatic heterocycles. The molecule has 0 saturated carbocycles. The van der Waals surface area contributed by atoms with Gasteiger partial charge < -0.3 is 9.84 Å². The number of aryl methyl sites for hydroxylation is 1. The van der Waals surface area contributed by atoms with Crippen LogP contribution in [0.2, 0.25) is 5.02 Å². The van der Waals surface area contributed by atoms with Crippen molar-refractivity contribution < 1.29 is 17.7 Å². The minimum absolute atomic E-state index is 0.0451. The molecule has 0 bridgehead atoms. The fraction of sp³-hybridized carbons (Fsp3) is 0.200. The maximum atomic E-state index is 12.6. The number of thioether (sulfide) groups is 1. The molecule has 0 aliphatic carbocycles. The number of aromatic nitrogens is 1. The molecular formula is C20H20ClN3O4S2. The van der Waals surface area contributed by atoms with Crippen molar-refractivity contribution in [3.8, 4) is 0 Å². The summed E-state index contributed by atoms with van der Waals surface area (Å²) >= 11 is 7.34. The van der Waals surface area contributed by atoms with Gasteiger partial charge in [-0.1, -0.05) is 23.7 Å². The number of rotatable bonds is 8. The second-order valence-electron chi connectivity index (χ2n) is 6.41. The lowest BCUT2D eigenvalue weighted by Crippen LogP contribution is -2.24. The van der Waals surface area contributed by atoms with Crippen molar-refractivity contribution in [2.45, 2.75) is 35.3 Å². The van der Waals surface area contributed by atoms with E-state index in [4.69, 9.17) is 16.1 Å². The highest BCUT2D eigenvalue weighted by molar-refractivity contribution is 8.00.